The third kappa shape index (κ3) is 5.18. The van der Waals surface area contributed by atoms with Crippen molar-refractivity contribution in [1.82, 2.24) is 10.6 Å². The van der Waals surface area contributed by atoms with Gasteiger partial charge in [0.05, 0.1) is 12.0 Å². The largest absolute Gasteiger partial charge is 0.496 e. The van der Waals surface area contributed by atoms with Crippen LogP contribution in [0.4, 0.5) is 5.69 Å². The molecule has 0 saturated heterocycles. The zero-order chi connectivity index (χ0) is 20.0. The normalized spacial score (nSPS) is 11.4. The SMILES string of the molecule is COc1ccccc1CNC(=O)[C@H](C)NC(=O)c1ccc(Cl)c([N+](=O)[O-])c1. The predicted octanol–water partition coefficient (Wildman–Crippen LogP) is 2.69. The van der Waals surface area contributed by atoms with Crippen molar-refractivity contribution < 1.29 is 19.2 Å². The van der Waals surface area contributed by atoms with Crippen LogP contribution >= 0.6 is 11.6 Å². The third-order valence-electron chi connectivity index (χ3n) is 3.79. The van der Waals surface area contributed by atoms with Crippen molar-refractivity contribution in [3.63, 3.8) is 0 Å². The summed E-state index contributed by atoms with van der Waals surface area (Å²) in [6, 6.07) is 10.1. The lowest BCUT2D eigenvalue weighted by molar-refractivity contribution is -0.384. The number of nitrogens with zero attached hydrogens (tertiary/aromatic N) is 1. The summed E-state index contributed by atoms with van der Waals surface area (Å²) >= 11 is 5.73. The number of methoxy groups -OCH3 is 1. The predicted molar refractivity (Wildman–Crippen MR) is 99.9 cm³/mol. The van der Waals surface area contributed by atoms with E-state index in [0.717, 1.165) is 11.6 Å². The molecular formula is C18H18ClN3O5. The van der Waals surface area contributed by atoms with Crippen LogP contribution in [0.2, 0.25) is 5.02 Å². The highest BCUT2D eigenvalue weighted by Crippen LogP contribution is 2.25. The Labute approximate surface area is 160 Å². The van der Waals surface area contributed by atoms with E-state index in [9.17, 15) is 19.7 Å². The molecule has 0 heterocycles. The number of rotatable bonds is 7. The van der Waals surface area contributed by atoms with Gasteiger partial charge in [0.2, 0.25) is 5.91 Å². The zero-order valence-corrected chi connectivity index (χ0v) is 15.4. The van der Waals surface area contributed by atoms with Gasteiger partial charge in [0.15, 0.2) is 0 Å². The molecule has 8 nitrogen and oxygen atoms in total. The lowest BCUT2D eigenvalue weighted by Gasteiger charge is -2.15. The van der Waals surface area contributed by atoms with Gasteiger partial charge in [-0.05, 0) is 25.1 Å². The molecule has 0 aliphatic rings. The number of para-hydroxylation sites is 1. The number of carbonyl (C=O) groups is 2. The molecule has 0 fully saturated rings. The molecule has 0 aliphatic heterocycles. The molecule has 0 aromatic heterocycles. The van der Waals surface area contributed by atoms with Crippen LogP contribution in [0.15, 0.2) is 42.5 Å². The Morgan fingerprint density at radius 2 is 1.96 bits per heavy atom. The van der Waals surface area contributed by atoms with E-state index in [0.29, 0.717) is 5.75 Å². The summed E-state index contributed by atoms with van der Waals surface area (Å²) in [5.74, 6) is -0.379. The Morgan fingerprint density at radius 1 is 1.26 bits per heavy atom. The van der Waals surface area contributed by atoms with Crippen molar-refractivity contribution >= 4 is 29.1 Å². The molecule has 0 aliphatic carbocycles. The lowest BCUT2D eigenvalue weighted by Crippen LogP contribution is -2.44. The zero-order valence-electron chi connectivity index (χ0n) is 14.7. The van der Waals surface area contributed by atoms with Gasteiger partial charge in [-0.15, -0.1) is 0 Å². The molecule has 0 unspecified atom stereocenters. The second-order valence-electron chi connectivity index (χ2n) is 5.65. The smallest absolute Gasteiger partial charge is 0.288 e. The number of nitro groups is 1. The molecular weight excluding hydrogens is 374 g/mol. The summed E-state index contributed by atoms with van der Waals surface area (Å²) in [5.41, 5.74) is 0.452. The molecule has 2 rings (SSSR count). The molecule has 0 radical (unpaired) electrons. The van der Waals surface area contributed by atoms with Crippen LogP contribution in [0, 0.1) is 10.1 Å². The quantitative estimate of drug-likeness (QED) is 0.557. The minimum atomic E-state index is -0.845. The first kappa shape index (κ1) is 20.2. The van der Waals surface area contributed by atoms with Gasteiger partial charge in [0, 0.05) is 23.7 Å². The Kier molecular flexibility index (Phi) is 6.73. The van der Waals surface area contributed by atoms with Crippen LogP contribution in [-0.2, 0) is 11.3 Å². The average molecular weight is 392 g/mol. The van der Waals surface area contributed by atoms with Crippen LogP contribution in [0.3, 0.4) is 0 Å². The van der Waals surface area contributed by atoms with Gasteiger partial charge >= 0.3 is 0 Å². The fraction of sp³-hybridized carbons (Fsp3) is 0.222. The van der Waals surface area contributed by atoms with Crippen molar-refractivity contribution in [2.24, 2.45) is 0 Å². The second-order valence-corrected chi connectivity index (χ2v) is 6.06. The maximum atomic E-state index is 12.2. The van der Waals surface area contributed by atoms with Gasteiger partial charge in [-0.25, -0.2) is 0 Å². The number of amides is 2. The highest BCUT2D eigenvalue weighted by molar-refractivity contribution is 6.32. The molecule has 0 spiro atoms. The molecule has 9 heteroatoms. The van der Waals surface area contributed by atoms with E-state index in [1.54, 1.807) is 6.07 Å². The molecule has 142 valence electrons. The minimum Gasteiger partial charge on any atom is -0.496 e. The standard InChI is InChI=1S/C18H18ClN3O5/c1-11(17(23)20-10-13-5-3-4-6-16(13)27-2)21-18(24)12-7-8-14(19)15(9-12)22(25)26/h3-9,11H,10H2,1-2H3,(H,20,23)(H,21,24)/t11-/m0/s1. The number of ether oxygens (including phenoxy) is 1. The average Bonchev–Trinajstić information content (AvgIpc) is 2.66. The Bertz CT molecular complexity index is 872. The van der Waals surface area contributed by atoms with Gasteiger partial charge in [0.1, 0.15) is 16.8 Å². The first-order valence-corrected chi connectivity index (χ1v) is 8.35. The van der Waals surface area contributed by atoms with Crippen LogP contribution in [0.5, 0.6) is 5.75 Å². The van der Waals surface area contributed by atoms with Gasteiger partial charge in [-0.2, -0.15) is 0 Å². The Hall–Kier alpha value is -3.13. The number of hydrogen-bond acceptors (Lipinski definition) is 5. The number of halogens is 1. The summed E-state index contributed by atoms with van der Waals surface area (Å²) in [7, 11) is 1.54. The van der Waals surface area contributed by atoms with Crippen molar-refractivity contribution in [2.75, 3.05) is 7.11 Å². The number of nitrogens with one attached hydrogen (secondary N) is 2. The lowest BCUT2D eigenvalue weighted by atomic mass is 10.1. The number of carbonyl (C=O) groups excluding carboxylic acids is 2. The van der Waals surface area contributed by atoms with E-state index in [1.807, 2.05) is 18.2 Å². The van der Waals surface area contributed by atoms with Crippen LogP contribution in [0.25, 0.3) is 0 Å². The molecule has 2 N–H and O–H groups in total. The summed E-state index contributed by atoms with van der Waals surface area (Å²) in [6.07, 6.45) is 0. The van der Waals surface area contributed by atoms with Gasteiger partial charge < -0.3 is 15.4 Å². The maximum Gasteiger partial charge on any atom is 0.288 e. The molecule has 2 amide bonds. The molecule has 27 heavy (non-hydrogen) atoms. The molecule has 0 saturated carbocycles. The fourth-order valence-electron chi connectivity index (χ4n) is 2.32. The van der Waals surface area contributed by atoms with E-state index in [-0.39, 0.29) is 22.8 Å². The first-order valence-electron chi connectivity index (χ1n) is 7.98. The highest BCUT2D eigenvalue weighted by Gasteiger charge is 2.20. The molecule has 1 atom stereocenters. The topological polar surface area (TPSA) is 111 Å². The Balaban J connectivity index is 1.98. The fourth-order valence-corrected chi connectivity index (χ4v) is 2.51. The van der Waals surface area contributed by atoms with Crippen molar-refractivity contribution in [1.29, 1.82) is 0 Å². The van der Waals surface area contributed by atoms with Crippen molar-refractivity contribution in [3.8, 4) is 5.75 Å². The van der Waals surface area contributed by atoms with E-state index in [2.05, 4.69) is 10.6 Å². The summed E-state index contributed by atoms with van der Waals surface area (Å²) in [5, 5.41) is 16.0. The van der Waals surface area contributed by atoms with E-state index in [4.69, 9.17) is 16.3 Å². The molecule has 2 aromatic rings. The molecule has 0 bridgehead atoms. The molecule has 2 aromatic carbocycles. The maximum absolute atomic E-state index is 12.2. The van der Waals surface area contributed by atoms with Gasteiger partial charge in [-0.1, -0.05) is 29.8 Å². The minimum absolute atomic E-state index is 0.0375. The van der Waals surface area contributed by atoms with Crippen LogP contribution in [-0.4, -0.2) is 29.9 Å². The van der Waals surface area contributed by atoms with E-state index in [1.165, 1.54) is 26.2 Å². The number of nitro benzene ring substituents is 1. The third-order valence-corrected chi connectivity index (χ3v) is 4.11. The van der Waals surface area contributed by atoms with E-state index >= 15 is 0 Å². The summed E-state index contributed by atoms with van der Waals surface area (Å²) in [6.45, 7) is 1.75. The van der Waals surface area contributed by atoms with Gasteiger partial charge in [-0.3, -0.25) is 19.7 Å². The van der Waals surface area contributed by atoms with Crippen LogP contribution in [0.1, 0.15) is 22.8 Å². The second kappa shape index (κ2) is 9.00. The number of hydrogen-bond donors (Lipinski definition) is 2. The summed E-state index contributed by atoms with van der Waals surface area (Å²) in [4.78, 5) is 34.7. The van der Waals surface area contributed by atoms with Crippen molar-refractivity contribution in [3.05, 3.63) is 68.7 Å². The Morgan fingerprint density at radius 3 is 2.63 bits per heavy atom. The number of benzene rings is 2. The monoisotopic (exact) mass is 391 g/mol. The van der Waals surface area contributed by atoms with Crippen molar-refractivity contribution in [2.45, 2.75) is 19.5 Å². The van der Waals surface area contributed by atoms with Gasteiger partial charge in [0.25, 0.3) is 11.6 Å². The highest BCUT2D eigenvalue weighted by atomic mass is 35.5. The first-order chi connectivity index (χ1) is 12.8. The van der Waals surface area contributed by atoms with Crippen LogP contribution < -0.4 is 15.4 Å². The van der Waals surface area contributed by atoms with E-state index < -0.39 is 22.8 Å². The summed E-state index contributed by atoms with van der Waals surface area (Å²) < 4.78 is 5.21.